The van der Waals surface area contributed by atoms with Crippen molar-refractivity contribution in [3.8, 4) is 0 Å². The number of urea groups is 1. The summed E-state index contributed by atoms with van der Waals surface area (Å²) in [4.78, 5) is 52.5. The summed E-state index contributed by atoms with van der Waals surface area (Å²) >= 11 is 1.49. The van der Waals surface area contributed by atoms with E-state index in [2.05, 4.69) is 10.6 Å². The van der Waals surface area contributed by atoms with Gasteiger partial charge in [0.25, 0.3) is 5.91 Å². The Kier molecular flexibility index (Phi) is 6.22. The minimum absolute atomic E-state index is 0.0310. The van der Waals surface area contributed by atoms with Crippen LogP contribution >= 0.6 is 11.3 Å². The molecule has 2 aliphatic heterocycles. The summed E-state index contributed by atoms with van der Waals surface area (Å²) in [5, 5.41) is 6.29. The predicted octanol–water partition coefficient (Wildman–Crippen LogP) is 2.13. The normalized spacial score (nSPS) is 18.7. The second-order valence-corrected chi connectivity index (χ2v) is 8.93. The number of likely N-dealkylation sites (tertiary alicyclic amines) is 1. The first-order valence-electron chi connectivity index (χ1n) is 10.6. The van der Waals surface area contributed by atoms with Crippen molar-refractivity contribution in [2.75, 3.05) is 26.7 Å². The van der Waals surface area contributed by atoms with Crippen molar-refractivity contribution in [3.63, 3.8) is 0 Å². The number of rotatable bonds is 7. The number of hydrogen-bond donors (Lipinski definition) is 2. The molecule has 0 bridgehead atoms. The molecular weight excluding hydrogens is 416 g/mol. The van der Waals surface area contributed by atoms with Crippen LogP contribution in [0.25, 0.3) is 10.1 Å². The van der Waals surface area contributed by atoms with Crippen LogP contribution in [0.2, 0.25) is 0 Å². The van der Waals surface area contributed by atoms with E-state index < -0.39 is 0 Å². The quantitative estimate of drug-likeness (QED) is 0.642. The Morgan fingerprint density at radius 3 is 2.81 bits per heavy atom. The molecule has 31 heavy (non-hydrogen) atoms. The highest BCUT2D eigenvalue weighted by Crippen LogP contribution is 2.34. The van der Waals surface area contributed by atoms with E-state index in [1.807, 2.05) is 29.2 Å². The molecule has 2 saturated heterocycles. The van der Waals surface area contributed by atoms with Crippen LogP contribution in [-0.4, -0.2) is 66.3 Å². The summed E-state index contributed by atoms with van der Waals surface area (Å²) in [6, 6.07) is 7.65. The molecule has 1 aromatic heterocycles. The van der Waals surface area contributed by atoms with Gasteiger partial charge in [0.1, 0.15) is 0 Å². The fraction of sp³-hybridized carbons (Fsp3) is 0.455. The van der Waals surface area contributed by atoms with Gasteiger partial charge in [-0.3, -0.25) is 19.3 Å². The molecule has 5 amide bonds. The van der Waals surface area contributed by atoms with Crippen molar-refractivity contribution >= 4 is 45.2 Å². The van der Waals surface area contributed by atoms with Gasteiger partial charge in [0, 0.05) is 37.3 Å². The molecule has 1 atom stereocenters. The number of amides is 5. The third-order valence-corrected chi connectivity index (χ3v) is 7.19. The third kappa shape index (κ3) is 4.27. The molecule has 0 saturated carbocycles. The van der Waals surface area contributed by atoms with E-state index in [4.69, 9.17) is 0 Å². The number of nitrogens with zero attached hydrogens (tertiary/aromatic N) is 2. The lowest BCUT2D eigenvalue weighted by Gasteiger charge is -2.25. The minimum Gasteiger partial charge on any atom is -0.354 e. The summed E-state index contributed by atoms with van der Waals surface area (Å²) in [5.41, 5.74) is 1.00. The van der Waals surface area contributed by atoms with Crippen molar-refractivity contribution in [3.05, 3.63) is 34.7 Å². The van der Waals surface area contributed by atoms with Crippen LogP contribution in [0, 0.1) is 0 Å². The Balaban J connectivity index is 1.44. The van der Waals surface area contributed by atoms with Crippen molar-refractivity contribution in [1.29, 1.82) is 0 Å². The van der Waals surface area contributed by atoms with Gasteiger partial charge >= 0.3 is 6.03 Å². The monoisotopic (exact) mass is 442 g/mol. The molecule has 1 aromatic carbocycles. The highest BCUT2D eigenvalue weighted by molar-refractivity contribution is 7.21. The average Bonchev–Trinajstić information content (AvgIpc) is 3.47. The van der Waals surface area contributed by atoms with Crippen LogP contribution in [-0.2, 0) is 16.0 Å². The van der Waals surface area contributed by atoms with Gasteiger partial charge < -0.3 is 15.5 Å². The van der Waals surface area contributed by atoms with Gasteiger partial charge in [-0.15, -0.1) is 11.3 Å². The molecule has 8 nitrogen and oxygen atoms in total. The van der Waals surface area contributed by atoms with E-state index in [1.165, 1.54) is 16.2 Å². The summed E-state index contributed by atoms with van der Waals surface area (Å²) in [6.07, 6.45) is 3.22. The van der Waals surface area contributed by atoms with E-state index in [0.29, 0.717) is 30.7 Å². The maximum absolute atomic E-state index is 12.9. The number of imide groups is 1. The number of benzene rings is 1. The smallest absolute Gasteiger partial charge is 0.324 e. The number of thiophene rings is 1. The molecule has 2 aromatic rings. The highest BCUT2D eigenvalue weighted by Gasteiger charge is 2.32. The molecular formula is C22H26N4O4S. The van der Waals surface area contributed by atoms with E-state index in [-0.39, 0.29) is 42.9 Å². The number of fused-ring (bicyclic) bond motifs is 1. The standard InChI is InChI=1S/C22H26N4O4S/c1-23-21(29)20-16(15-7-2-3-8-17(15)31-20)12-14-6-4-10-25(14)18(27)9-5-11-26-19(28)13-24-22(26)30/h2-3,7-8,14H,4-6,9-13H2,1H3,(H,23,29)(H,24,30)/t14-/m0/s1. The second-order valence-electron chi connectivity index (χ2n) is 7.88. The van der Waals surface area contributed by atoms with Gasteiger partial charge in [-0.1, -0.05) is 18.2 Å². The van der Waals surface area contributed by atoms with Gasteiger partial charge in [0.15, 0.2) is 0 Å². The summed E-state index contributed by atoms with van der Waals surface area (Å²) in [5.74, 6) is -0.307. The van der Waals surface area contributed by atoms with Gasteiger partial charge in [-0.05, 0) is 42.7 Å². The topological polar surface area (TPSA) is 98.8 Å². The highest BCUT2D eigenvalue weighted by atomic mass is 32.1. The Morgan fingerprint density at radius 1 is 1.26 bits per heavy atom. The van der Waals surface area contributed by atoms with Crippen LogP contribution in [0.5, 0.6) is 0 Å². The molecule has 9 heteroatoms. The molecule has 0 spiro atoms. The zero-order valence-corrected chi connectivity index (χ0v) is 18.3. The molecule has 2 fully saturated rings. The maximum atomic E-state index is 12.9. The van der Waals surface area contributed by atoms with Gasteiger partial charge in [0.05, 0.1) is 11.4 Å². The Bertz CT molecular complexity index is 1020. The lowest BCUT2D eigenvalue weighted by Crippen LogP contribution is -2.38. The van der Waals surface area contributed by atoms with E-state index in [1.54, 1.807) is 7.05 Å². The van der Waals surface area contributed by atoms with Crippen LogP contribution in [0.4, 0.5) is 4.79 Å². The SMILES string of the molecule is CNC(=O)c1sc2ccccc2c1C[C@@H]1CCCN1C(=O)CCCN1C(=O)CNC1=O. The van der Waals surface area contributed by atoms with E-state index in [9.17, 15) is 19.2 Å². The molecule has 4 rings (SSSR count). The van der Waals surface area contributed by atoms with E-state index >= 15 is 0 Å². The van der Waals surface area contributed by atoms with Gasteiger partial charge in [-0.2, -0.15) is 0 Å². The number of nitrogens with one attached hydrogen (secondary N) is 2. The Hall–Kier alpha value is -2.94. The molecule has 0 aliphatic carbocycles. The first kappa shape index (κ1) is 21.3. The first-order chi connectivity index (χ1) is 15.0. The number of carbonyl (C=O) groups excluding carboxylic acids is 4. The summed E-state index contributed by atoms with van der Waals surface area (Å²) in [7, 11) is 1.63. The summed E-state index contributed by atoms with van der Waals surface area (Å²) in [6.45, 7) is 0.984. The molecule has 3 heterocycles. The largest absolute Gasteiger partial charge is 0.354 e. The van der Waals surface area contributed by atoms with Crippen molar-refractivity contribution in [2.24, 2.45) is 0 Å². The molecule has 2 aliphatic rings. The molecule has 164 valence electrons. The van der Waals surface area contributed by atoms with Crippen molar-refractivity contribution in [1.82, 2.24) is 20.4 Å². The lowest BCUT2D eigenvalue weighted by molar-refractivity contribution is -0.132. The zero-order chi connectivity index (χ0) is 22.0. The number of hydrogen-bond acceptors (Lipinski definition) is 5. The predicted molar refractivity (Wildman–Crippen MR) is 118 cm³/mol. The Labute approximate surface area is 184 Å². The molecule has 2 N–H and O–H groups in total. The van der Waals surface area contributed by atoms with E-state index in [0.717, 1.165) is 28.5 Å². The fourth-order valence-electron chi connectivity index (χ4n) is 4.42. The van der Waals surface area contributed by atoms with Gasteiger partial charge in [0.2, 0.25) is 11.8 Å². The minimum atomic E-state index is -0.387. The Morgan fingerprint density at radius 2 is 2.06 bits per heavy atom. The first-order valence-corrected chi connectivity index (χ1v) is 11.4. The molecule has 0 radical (unpaired) electrons. The average molecular weight is 443 g/mol. The lowest BCUT2D eigenvalue weighted by atomic mass is 10.00. The van der Waals surface area contributed by atoms with Crippen molar-refractivity contribution in [2.45, 2.75) is 38.1 Å². The van der Waals surface area contributed by atoms with Crippen molar-refractivity contribution < 1.29 is 19.2 Å². The van der Waals surface area contributed by atoms with Crippen LogP contribution in [0.15, 0.2) is 24.3 Å². The maximum Gasteiger partial charge on any atom is 0.324 e. The van der Waals surface area contributed by atoms with Crippen LogP contribution in [0.1, 0.15) is 40.9 Å². The third-order valence-electron chi connectivity index (χ3n) is 5.98. The fourth-order valence-corrected chi connectivity index (χ4v) is 5.60. The van der Waals surface area contributed by atoms with Crippen LogP contribution in [0.3, 0.4) is 0 Å². The second kappa shape index (κ2) is 9.05. The zero-order valence-electron chi connectivity index (χ0n) is 17.5. The summed E-state index contributed by atoms with van der Waals surface area (Å²) < 4.78 is 1.07. The molecule has 0 unspecified atom stereocenters. The van der Waals surface area contributed by atoms with Gasteiger partial charge in [-0.25, -0.2) is 4.79 Å². The number of carbonyl (C=O) groups is 4. The van der Waals surface area contributed by atoms with Crippen LogP contribution < -0.4 is 10.6 Å².